The van der Waals surface area contributed by atoms with Gasteiger partial charge < -0.3 is 15.5 Å². The van der Waals surface area contributed by atoms with Crippen molar-refractivity contribution in [2.45, 2.75) is 44.7 Å². The molecule has 2 N–H and O–H groups in total. The number of hydrogen-bond donors (Lipinski definition) is 2. The summed E-state index contributed by atoms with van der Waals surface area (Å²) in [6, 6.07) is 11.2. The van der Waals surface area contributed by atoms with Gasteiger partial charge >= 0.3 is 0 Å². The van der Waals surface area contributed by atoms with E-state index in [1.807, 2.05) is 32.0 Å². The van der Waals surface area contributed by atoms with Gasteiger partial charge in [-0.1, -0.05) is 0 Å². The Bertz CT molecular complexity index is 863. The van der Waals surface area contributed by atoms with Gasteiger partial charge in [-0.25, -0.2) is 4.98 Å². The fourth-order valence-corrected chi connectivity index (χ4v) is 3.38. The highest BCUT2D eigenvalue weighted by Gasteiger charge is 2.23. The molecule has 1 amide bonds. The average molecular weight is 378 g/mol. The first-order valence-electron chi connectivity index (χ1n) is 9.55. The Labute approximate surface area is 165 Å². The molecule has 1 saturated carbocycles. The number of anilines is 2. The highest BCUT2D eigenvalue weighted by atomic mass is 16.1. The normalized spacial score (nSPS) is 18.8. The largest absolute Gasteiger partial charge is 0.363 e. The predicted molar refractivity (Wildman–Crippen MR) is 109 cm³/mol. The van der Waals surface area contributed by atoms with Crippen LogP contribution in [0.1, 0.15) is 47.3 Å². The highest BCUT2D eigenvalue weighted by molar-refractivity contribution is 5.94. The molecule has 1 aromatic carbocycles. The minimum Gasteiger partial charge on any atom is -0.363 e. The molecule has 1 heterocycles. The van der Waals surface area contributed by atoms with Crippen molar-refractivity contribution in [1.29, 1.82) is 5.26 Å². The molecule has 7 heteroatoms. The first-order valence-corrected chi connectivity index (χ1v) is 9.55. The second-order valence-corrected chi connectivity index (χ2v) is 7.44. The van der Waals surface area contributed by atoms with Crippen LogP contribution in [0.3, 0.4) is 0 Å². The first-order chi connectivity index (χ1) is 13.4. The van der Waals surface area contributed by atoms with Gasteiger partial charge in [-0.2, -0.15) is 10.2 Å². The summed E-state index contributed by atoms with van der Waals surface area (Å²) in [5, 5.41) is 15.4. The second-order valence-electron chi connectivity index (χ2n) is 7.44. The molecular weight excluding hydrogens is 352 g/mol. The summed E-state index contributed by atoms with van der Waals surface area (Å²) in [4.78, 5) is 23.4. The quantitative estimate of drug-likeness (QED) is 0.831. The Morgan fingerprint density at radius 1 is 1.11 bits per heavy atom. The monoisotopic (exact) mass is 378 g/mol. The number of hydrogen-bond acceptors (Lipinski definition) is 6. The van der Waals surface area contributed by atoms with Gasteiger partial charge in [-0.3, -0.25) is 4.79 Å². The molecule has 0 unspecified atom stereocenters. The van der Waals surface area contributed by atoms with Gasteiger partial charge in [0.1, 0.15) is 5.82 Å². The Hall–Kier alpha value is -3.14. The van der Waals surface area contributed by atoms with E-state index in [9.17, 15) is 4.79 Å². The molecule has 28 heavy (non-hydrogen) atoms. The average Bonchev–Trinajstić information content (AvgIpc) is 2.69. The van der Waals surface area contributed by atoms with E-state index >= 15 is 0 Å². The zero-order valence-corrected chi connectivity index (χ0v) is 16.6. The van der Waals surface area contributed by atoms with Crippen LogP contribution in [-0.4, -0.2) is 42.1 Å². The van der Waals surface area contributed by atoms with Crippen LogP contribution in [0.15, 0.2) is 30.3 Å². The number of nitrogens with zero attached hydrogens (tertiary/aromatic N) is 4. The SMILES string of the molecule is Cc1cc(N(C)C)nc(N[C@H]2CC[C@@H](NC(=O)c3ccc(C#N)cc3)CC2)n1. The van der Waals surface area contributed by atoms with Gasteiger partial charge in [0.15, 0.2) is 0 Å². The lowest BCUT2D eigenvalue weighted by molar-refractivity contribution is 0.0926. The third-order valence-electron chi connectivity index (χ3n) is 4.97. The number of carbonyl (C=O) groups excluding carboxylic acids is 1. The molecule has 146 valence electrons. The van der Waals surface area contributed by atoms with Crippen LogP contribution in [0.2, 0.25) is 0 Å². The van der Waals surface area contributed by atoms with Crippen molar-refractivity contribution in [2.75, 3.05) is 24.3 Å². The van der Waals surface area contributed by atoms with Gasteiger partial charge in [0.2, 0.25) is 5.95 Å². The van der Waals surface area contributed by atoms with E-state index in [-0.39, 0.29) is 11.9 Å². The van der Waals surface area contributed by atoms with Crippen molar-refractivity contribution in [3.63, 3.8) is 0 Å². The van der Waals surface area contributed by atoms with Crippen LogP contribution < -0.4 is 15.5 Å². The van der Waals surface area contributed by atoms with Gasteiger partial charge in [0.05, 0.1) is 11.6 Å². The number of nitrogens with one attached hydrogen (secondary N) is 2. The maximum atomic E-state index is 12.4. The molecular formula is C21H26N6O. The summed E-state index contributed by atoms with van der Waals surface area (Å²) in [6.45, 7) is 1.97. The summed E-state index contributed by atoms with van der Waals surface area (Å²) >= 11 is 0. The van der Waals surface area contributed by atoms with Crippen LogP contribution in [0, 0.1) is 18.3 Å². The molecule has 1 fully saturated rings. The maximum Gasteiger partial charge on any atom is 0.251 e. The van der Waals surface area contributed by atoms with E-state index in [1.54, 1.807) is 24.3 Å². The maximum absolute atomic E-state index is 12.4. The second kappa shape index (κ2) is 8.70. The topological polar surface area (TPSA) is 93.9 Å². The van der Waals surface area contributed by atoms with Crippen molar-refractivity contribution < 1.29 is 4.79 Å². The van der Waals surface area contributed by atoms with Crippen LogP contribution in [0.5, 0.6) is 0 Å². The molecule has 0 saturated heterocycles. The van der Waals surface area contributed by atoms with Gasteiger partial charge in [0, 0.05) is 43.5 Å². The zero-order valence-electron chi connectivity index (χ0n) is 16.6. The summed E-state index contributed by atoms with van der Waals surface area (Å²) < 4.78 is 0. The first kappa shape index (κ1) is 19.6. The van der Waals surface area contributed by atoms with E-state index in [0.717, 1.165) is 37.2 Å². The Kier molecular flexibility index (Phi) is 6.09. The Morgan fingerprint density at radius 3 is 2.36 bits per heavy atom. The zero-order chi connectivity index (χ0) is 20.1. The minimum atomic E-state index is -0.0847. The lowest BCUT2D eigenvalue weighted by Crippen LogP contribution is -2.40. The number of nitriles is 1. The van der Waals surface area contributed by atoms with Crippen molar-refractivity contribution in [2.24, 2.45) is 0 Å². The molecule has 0 bridgehead atoms. The Balaban J connectivity index is 1.52. The number of rotatable bonds is 5. The summed E-state index contributed by atoms with van der Waals surface area (Å²) in [6.07, 6.45) is 3.72. The molecule has 0 spiro atoms. The number of carbonyl (C=O) groups is 1. The van der Waals surface area contributed by atoms with Crippen molar-refractivity contribution >= 4 is 17.7 Å². The number of benzene rings is 1. The standard InChI is InChI=1S/C21H26N6O/c1-14-12-19(27(2)3)26-21(23-14)25-18-10-8-17(9-11-18)24-20(28)16-6-4-15(13-22)5-7-16/h4-7,12,17-18H,8-11H2,1-3H3,(H,24,28)(H,23,25,26)/t17-,18+. The van der Waals surface area contributed by atoms with Gasteiger partial charge in [-0.05, 0) is 56.9 Å². The van der Waals surface area contributed by atoms with E-state index in [1.165, 1.54) is 0 Å². The minimum absolute atomic E-state index is 0.0847. The van der Waals surface area contributed by atoms with E-state index in [2.05, 4.69) is 26.7 Å². The van der Waals surface area contributed by atoms with Crippen LogP contribution in [-0.2, 0) is 0 Å². The molecule has 3 rings (SSSR count). The number of aromatic nitrogens is 2. The molecule has 7 nitrogen and oxygen atoms in total. The van der Waals surface area contributed by atoms with Crippen LogP contribution in [0.4, 0.5) is 11.8 Å². The predicted octanol–water partition coefficient (Wildman–Crippen LogP) is 2.88. The summed E-state index contributed by atoms with van der Waals surface area (Å²) in [5.74, 6) is 1.46. The summed E-state index contributed by atoms with van der Waals surface area (Å²) in [5.41, 5.74) is 2.08. The molecule has 1 aliphatic rings. The van der Waals surface area contributed by atoms with Crippen molar-refractivity contribution in [3.05, 3.63) is 47.2 Å². The molecule has 1 aromatic heterocycles. The fourth-order valence-electron chi connectivity index (χ4n) is 3.38. The van der Waals surface area contributed by atoms with E-state index in [0.29, 0.717) is 23.1 Å². The number of aryl methyl sites for hydroxylation is 1. The third kappa shape index (κ3) is 4.97. The highest BCUT2D eigenvalue weighted by Crippen LogP contribution is 2.22. The molecule has 0 aliphatic heterocycles. The van der Waals surface area contributed by atoms with Crippen molar-refractivity contribution in [3.8, 4) is 6.07 Å². The third-order valence-corrected chi connectivity index (χ3v) is 4.97. The molecule has 0 radical (unpaired) electrons. The molecule has 0 atom stereocenters. The number of amides is 1. The van der Waals surface area contributed by atoms with E-state index < -0.39 is 0 Å². The fraction of sp³-hybridized carbons (Fsp3) is 0.429. The molecule has 1 aliphatic carbocycles. The lowest BCUT2D eigenvalue weighted by Gasteiger charge is -2.30. The smallest absolute Gasteiger partial charge is 0.251 e. The summed E-state index contributed by atoms with van der Waals surface area (Å²) in [7, 11) is 3.93. The van der Waals surface area contributed by atoms with Gasteiger partial charge in [-0.15, -0.1) is 0 Å². The lowest BCUT2D eigenvalue weighted by atomic mass is 9.91. The van der Waals surface area contributed by atoms with Crippen LogP contribution >= 0.6 is 0 Å². The van der Waals surface area contributed by atoms with Gasteiger partial charge in [0.25, 0.3) is 5.91 Å². The van der Waals surface area contributed by atoms with Crippen LogP contribution in [0.25, 0.3) is 0 Å². The Morgan fingerprint density at radius 2 is 1.75 bits per heavy atom. The van der Waals surface area contributed by atoms with Crippen molar-refractivity contribution in [1.82, 2.24) is 15.3 Å². The molecule has 2 aromatic rings. The van der Waals surface area contributed by atoms with E-state index in [4.69, 9.17) is 5.26 Å².